The number of fused-ring (bicyclic) bond motifs is 1. The van der Waals surface area contributed by atoms with Crippen LogP contribution >= 0.6 is 0 Å². The molecular formula is C22H26N2O7S. The van der Waals surface area contributed by atoms with Crippen LogP contribution in [0.3, 0.4) is 0 Å². The third-order valence-corrected chi connectivity index (χ3v) is 5.42. The Labute approximate surface area is 186 Å². The number of para-hydroxylation sites is 2. The van der Waals surface area contributed by atoms with Gasteiger partial charge in [0.1, 0.15) is 23.7 Å². The van der Waals surface area contributed by atoms with Crippen LogP contribution in [0, 0.1) is 6.92 Å². The van der Waals surface area contributed by atoms with E-state index in [-0.39, 0.29) is 19.6 Å². The number of ether oxygens (including phenoxy) is 1. The first-order valence-electron chi connectivity index (χ1n) is 9.97. The highest BCUT2D eigenvalue weighted by Crippen LogP contribution is 2.30. The van der Waals surface area contributed by atoms with Crippen molar-refractivity contribution < 1.29 is 32.6 Å². The fourth-order valence-corrected chi connectivity index (χ4v) is 4.07. The van der Waals surface area contributed by atoms with Gasteiger partial charge in [0.15, 0.2) is 0 Å². The fraction of sp³-hybridized carbons (Fsp3) is 0.318. The van der Waals surface area contributed by atoms with E-state index >= 15 is 0 Å². The van der Waals surface area contributed by atoms with Gasteiger partial charge < -0.3 is 24.3 Å². The standard InChI is InChI=1S/C22H26N2O7S/c1-15-18(14-22(26)27)17-8-7-16(13-21(17)31-15)30-12-10-24(9-11-25)20-6-4-3-5-19(20)23-32(2,28)29/h3-8,13,23,25H,9-12,14H2,1-2H3,(H,26,27). The molecule has 3 aromatic rings. The van der Waals surface area contributed by atoms with Crippen molar-refractivity contribution in [2.75, 3.05) is 42.2 Å². The molecule has 172 valence electrons. The molecule has 0 aliphatic rings. The van der Waals surface area contributed by atoms with Crippen molar-refractivity contribution in [3.63, 3.8) is 0 Å². The van der Waals surface area contributed by atoms with Crippen LogP contribution in [0.4, 0.5) is 11.4 Å². The van der Waals surface area contributed by atoms with Gasteiger partial charge in [-0.25, -0.2) is 8.42 Å². The highest BCUT2D eigenvalue weighted by atomic mass is 32.2. The SMILES string of the molecule is Cc1oc2cc(OCCN(CCO)c3ccccc3NS(C)(=O)=O)ccc2c1CC(=O)O. The minimum Gasteiger partial charge on any atom is -0.492 e. The summed E-state index contributed by atoms with van der Waals surface area (Å²) in [6.07, 6.45) is 0.966. The van der Waals surface area contributed by atoms with E-state index in [1.807, 2.05) is 4.90 Å². The van der Waals surface area contributed by atoms with Crippen molar-refractivity contribution in [1.29, 1.82) is 0 Å². The number of carboxylic acids is 1. The lowest BCUT2D eigenvalue weighted by Crippen LogP contribution is -2.32. The highest BCUT2D eigenvalue weighted by Gasteiger charge is 2.16. The lowest BCUT2D eigenvalue weighted by molar-refractivity contribution is -0.136. The van der Waals surface area contributed by atoms with Crippen LogP contribution < -0.4 is 14.4 Å². The first-order valence-corrected chi connectivity index (χ1v) is 11.9. The predicted octanol–water partition coefficient (Wildman–Crippen LogP) is 2.62. The number of aryl methyl sites for hydroxylation is 1. The second-order valence-corrected chi connectivity index (χ2v) is 9.06. The number of benzene rings is 2. The molecule has 0 saturated carbocycles. The molecule has 3 rings (SSSR count). The van der Waals surface area contributed by atoms with Gasteiger partial charge in [0, 0.05) is 23.6 Å². The van der Waals surface area contributed by atoms with Gasteiger partial charge in [-0.15, -0.1) is 0 Å². The molecule has 0 saturated heterocycles. The van der Waals surface area contributed by atoms with Gasteiger partial charge in [0.05, 0.1) is 37.2 Å². The number of rotatable bonds is 11. The quantitative estimate of drug-likeness (QED) is 0.397. The second kappa shape index (κ2) is 9.92. The number of aliphatic hydroxyl groups excluding tert-OH is 1. The summed E-state index contributed by atoms with van der Waals surface area (Å²) in [6, 6.07) is 12.2. The van der Waals surface area contributed by atoms with E-state index in [2.05, 4.69) is 4.72 Å². The molecule has 2 aromatic carbocycles. The summed E-state index contributed by atoms with van der Waals surface area (Å²) in [5.74, 6) is 0.189. The van der Waals surface area contributed by atoms with Gasteiger partial charge in [-0.3, -0.25) is 9.52 Å². The van der Waals surface area contributed by atoms with Crippen LogP contribution in [0.25, 0.3) is 11.0 Å². The molecule has 32 heavy (non-hydrogen) atoms. The molecule has 0 unspecified atom stereocenters. The largest absolute Gasteiger partial charge is 0.492 e. The van der Waals surface area contributed by atoms with Crippen LogP contribution in [0.2, 0.25) is 0 Å². The first-order chi connectivity index (χ1) is 15.2. The summed E-state index contributed by atoms with van der Waals surface area (Å²) in [5, 5.41) is 19.3. The van der Waals surface area contributed by atoms with Gasteiger partial charge in [0.25, 0.3) is 0 Å². The Morgan fingerprint density at radius 2 is 1.94 bits per heavy atom. The van der Waals surface area contributed by atoms with Crippen molar-refractivity contribution in [1.82, 2.24) is 0 Å². The summed E-state index contributed by atoms with van der Waals surface area (Å²) >= 11 is 0. The van der Waals surface area contributed by atoms with E-state index in [4.69, 9.17) is 14.3 Å². The molecule has 1 heterocycles. The van der Waals surface area contributed by atoms with Crippen molar-refractivity contribution in [3.05, 3.63) is 53.8 Å². The Balaban J connectivity index is 1.73. The van der Waals surface area contributed by atoms with Gasteiger partial charge >= 0.3 is 5.97 Å². The average molecular weight is 463 g/mol. The van der Waals surface area contributed by atoms with Crippen LogP contribution in [-0.4, -0.2) is 57.2 Å². The molecule has 0 aliphatic carbocycles. The molecule has 0 amide bonds. The van der Waals surface area contributed by atoms with Crippen molar-refractivity contribution >= 4 is 38.3 Å². The number of nitrogens with zero attached hydrogens (tertiary/aromatic N) is 1. The monoisotopic (exact) mass is 462 g/mol. The number of carbonyl (C=O) groups is 1. The average Bonchev–Trinajstić information content (AvgIpc) is 3.00. The number of aliphatic hydroxyl groups is 1. The predicted molar refractivity (Wildman–Crippen MR) is 122 cm³/mol. The number of hydrogen-bond donors (Lipinski definition) is 3. The summed E-state index contributed by atoms with van der Waals surface area (Å²) in [6.45, 7) is 2.56. The van der Waals surface area contributed by atoms with Crippen LogP contribution in [0.5, 0.6) is 5.75 Å². The zero-order valence-electron chi connectivity index (χ0n) is 17.9. The fourth-order valence-electron chi connectivity index (χ4n) is 3.50. The van der Waals surface area contributed by atoms with Crippen LogP contribution in [0.1, 0.15) is 11.3 Å². The maximum absolute atomic E-state index is 11.7. The molecule has 9 nitrogen and oxygen atoms in total. The van der Waals surface area contributed by atoms with Crippen LogP contribution in [0.15, 0.2) is 46.9 Å². The molecule has 0 radical (unpaired) electrons. The van der Waals surface area contributed by atoms with Crippen LogP contribution in [-0.2, 0) is 21.2 Å². The van der Waals surface area contributed by atoms with Crippen molar-refractivity contribution in [3.8, 4) is 5.75 Å². The highest BCUT2D eigenvalue weighted by molar-refractivity contribution is 7.92. The number of sulfonamides is 1. The topological polar surface area (TPSA) is 129 Å². The van der Waals surface area contributed by atoms with E-state index in [0.717, 1.165) is 11.6 Å². The zero-order valence-corrected chi connectivity index (χ0v) is 18.7. The second-order valence-electron chi connectivity index (χ2n) is 7.32. The number of anilines is 2. The third kappa shape index (κ3) is 5.92. The lowest BCUT2D eigenvalue weighted by atomic mass is 10.1. The van der Waals surface area contributed by atoms with Gasteiger partial charge in [-0.05, 0) is 31.2 Å². The Morgan fingerprint density at radius 3 is 2.62 bits per heavy atom. The van der Waals surface area contributed by atoms with Crippen molar-refractivity contribution in [2.24, 2.45) is 0 Å². The third-order valence-electron chi connectivity index (χ3n) is 4.83. The number of aliphatic carboxylic acids is 1. The van der Waals surface area contributed by atoms with Gasteiger partial charge in [-0.2, -0.15) is 0 Å². The molecule has 0 spiro atoms. The molecular weight excluding hydrogens is 436 g/mol. The summed E-state index contributed by atoms with van der Waals surface area (Å²) < 4.78 is 37.4. The minimum absolute atomic E-state index is 0.114. The number of nitrogens with one attached hydrogen (secondary N) is 1. The first kappa shape index (κ1) is 23.4. The number of furan rings is 1. The van der Waals surface area contributed by atoms with E-state index in [9.17, 15) is 18.3 Å². The molecule has 3 N–H and O–H groups in total. The van der Waals surface area contributed by atoms with Crippen molar-refractivity contribution in [2.45, 2.75) is 13.3 Å². The maximum Gasteiger partial charge on any atom is 0.307 e. The Kier molecular flexibility index (Phi) is 7.26. The normalized spacial score (nSPS) is 11.5. The smallest absolute Gasteiger partial charge is 0.307 e. The van der Waals surface area contributed by atoms with E-state index < -0.39 is 16.0 Å². The molecule has 0 atom stereocenters. The summed E-state index contributed by atoms with van der Waals surface area (Å²) in [4.78, 5) is 12.9. The molecule has 0 fully saturated rings. The maximum atomic E-state index is 11.7. The summed E-state index contributed by atoms with van der Waals surface area (Å²) in [5.41, 5.74) is 2.24. The van der Waals surface area contributed by atoms with Gasteiger partial charge in [-0.1, -0.05) is 12.1 Å². The molecule has 10 heteroatoms. The lowest BCUT2D eigenvalue weighted by Gasteiger charge is -2.26. The Morgan fingerprint density at radius 1 is 1.19 bits per heavy atom. The van der Waals surface area contributed by atoms with E-state index in [1.165, 1.54) is 0 Å². The Hall–Kier alpha value is -3.24. The summed E-state index contributed by atoms with van der Waals surface area (Å²) in [7, 11) is -3.46. The van der Waals surface area contributed by atoms with E-state index in [0.29, 0.717) is 47.1 Å². The Bertz CT molecular complexity index is 1200. The minimum atomic E-state index is -3.46. The molecule has 0 bridgehead atoms. The number of carboxylic acid groups (broad SMARTS) is 1. The molecule has 0 aliphatic heterocycles. The van der Waals surface area contributed by atoms with E-state index in [1.54, 1.807) is 49.4 Å². The van der Waals surface area contributed by atoms with Gasteiger partial charge in [0.2, 0.25) is 10.0 Å². The molecule has 1 aromatic heterocycles. The zero-order chi connectivity index (χ0) is 23.3. The number of hydrogen-bond acceptors (Lipinski definition) is 7.